The van der Waals surface area contributed by atoms with Gasteiger partial charge in [-0.3, -0.25) is 0 Å². The van der Waals surface area contributed by atoms with Gasteiger partial charge in [0.25, 0.3) is 0 Å². The molecule has 0 aliphatic carbocycles. The Kier molecular flexibility index (Phi) is 2.50. The van der Waals surface area contributed by atoms with Gasteiger partial charge in [-0.25, -0.2) is 9.67 Å². The topological polar surface area (TPSA) is 69.9 Å². The quantitative estimate of drug-likeness (QED) is 0.570. The summed E-state index contributed by atoms with van der Waals surface area (Å²) in [5, 5.41) is 5.31. The molecule has 1 aromatic carbocycles. The summed E-state index contributed by atoms with van der Waals surface area (Å²) in [6.07, 6.45) is 7.06. The predicted molar refractivity (Wildman–Crippen MR) is 81.0 cm³/mol. The molecule has 5 heteroatoms. The number of furan rings is 1. The largest absolute Gasteiger partial charge is 0.464 e. The number of aromatic nitrogens is 3. The third-order valence-corrected chi connectivity index (χ3v) is 3.43. The predicted octanol–water partition coefficient (Wildman–Crippen LogP) is 3.26. The summed E-state index contributed by atoms with van der Waals surface area (Å²) >= 11 is 0. The summed E-state index contributed by atoms with van der Waals surface area (Å²) in [6, 6.07) is 11.4. The molecule has 102 valence electrons. The van der Waals surface area contributed by atoms with Crippen LogP contribution in [0.25, 0.3) is 27.9 Å². The zero-order valence-corrected chi connectivity index (χ0v) is 11.1. The van der Waals surface area contributed by atoms with E-state index < -0.39 is 0 Å². The average molecular weight is 276 g/mol. The average Bonchev–Trinajstić information content (AvgIpc) is 3.16. The van der Waals surface area contributed by atoms with Gasteiger partial charge in [0, 0.05) is 29.2 Å². The maximum Gasteiger partial charge on any atom is 0.164 e. The first-order valence-electron chi connectivity index (χ1n) is 6.55. The van der Waals surface area contributed by atoms with Crippen LogP contribution in [0, 0.1) is 0 Å². The second kappa shape index (κ2) is 4.49. The maximum absolute atomic E-state index is 6.01. The number of nitrogens with two attached hydrogens (primary N) is 1. The Morgan fingerprint density at radius 3 is 2.90 bits per heavy atom. The molecule has 3 heterocycles. The highest BCUT2D eigenvalue weighted by molar-refractivity contribution is 5.84. The van der Waals surface area contributed by atoms with E-state index in [1.54, 1.807) is 23.3 Å². The minimum absolute atomic E-state index is 0.728. The summed E-state index contributed by atoms with van der Waals surface area (Å²) in [7, 11) is 0. The highest BCUT2D eigenvalue weighted by Gasteiger charge is 2.10. The van der Waals surface area contributed by atoms with Crippen LogP contribution < -0.4 is 5.73 Å². The molecule has 0 aliphatic heterocycles. The van der Waals surface area contributed by atoms with E-state index in [1.807, 2.05) is 42.6 Å². The van der Waals surface area contributed by atoms with Gasteiger partial charge in [0.15, 0.2) is 5.82 Å². The monoisotopic (exact) mass is 276 g/mol. The Bertz CT molecular complexity index is 923. The van der Waals surface area contributed by atoms with Crippen molar-refractivity contribution in [2.45, 2.75) is 0 Å². The summed E-state index contributed by atoms with van der Waals surface area (Å²) in [6.45, 7) is 0. The summed E-state index contributed by atoms with van der Waals surface area (Å²) in [5.41, 5.74) is 9.44. The van der Waals surface area contributed by atoms with E-state index in [9.17, 15) is 0 Å². The standard InChI is InChI=1S/C16H12N4O/c17-14-4-2-1-3-12(14)11-9-19-20(10-11)16-13-6-8-21-15(13)5-7-18-16/h1-10H,17H2. The molecule has 0 radical (unpaired) electrons. The Balaban J connectivity index is 1.85. The van der Waals surface area contributed by atoms with E-state index in [0.29, 0.717) is 0 Å². The van der Waals surface area contributed by atoms with E-state index in [0.717, 1.165) is 33.6 Å². The molecule has 0 aliphatic rings. The van der Waals surface area contributed by atoms with Gasteiger partial charge in [-0.05, 0) is 18.2 Å². The zero-order valence-electron chi connectivity index (χ0n) is 11.1. The van der Waals surface area contributed by atoms with Gasteiger partial charge < -0.3 is 10.2 Å². The van der Waals surface area contributed by atoms with Crippen molar-refractivity contribution in [1.82, 2.24) is 14.8 Å². The molecule has 2 N–H and O–H groups in total. The van der Waals surface area contributed by atoms with Crippen LogP contribution in [0.15, 0.2) is 65.7 Å². The molecule has 0 amide bonds. The third-order valence-electron chi connectivity index (χ3n) is 3.43. The third kappa shape index (κ3) is 1.87. The molecule has 5 nitrogen and oxygen atoms in total. The van der Waals surface area contributed by atoms with E-state index >= 15 is 0 Å². The number of nitrogen functional groups attached to an aromatic ring is 1. The molecule has 0 unspecified atom stereocenters. The lowest BCUT2D eigenvalue weighted by atomic mass is 10.1. The van der Waals surface area contributed by atoms with Crippen LogP contribution in [0.2, 0.25) is 0 Å². The Labute approximate surface area is 120 Å². The van der Waals surface area contributed by atoms with E-state index in [-0.39, 0.29) is 0 Å². The lowest BCUT2D eigenvalue weighted by Gasteiger charge is -2.02. The molecule has 0 saturated carbocycles. The molecule has 0 fully saturated rings. The van der Waals surface area contributed by atoms with Crippen molar-refractivity contribution in [2.75, 3.05) is 5.73 Å². The number of hydrogen-bond acceptors (Lipinski definition) is 4. The highest BCUT2D eigenvalue weighted by atomic mass is 16.3. The number of benzene rings is 1. The van der Waals surface area contributed by atoms with Gasteiger partial charge in [-0.1, -0.05) is 18.2 Å². The van der Waals surface area contributed by atoms with Crippen molar-refractivity contribution in [3.8, 4) is 16.9 Å². The number of hydrogen-bond donors (Lipinski definition) is 1. The van der Waals surface area contributed by atoms with Crippen molar-refractivity contribution >= 4 is 16.7 Å². The van der Waals surface area contributed by atoms with E-state index in [2.05, 4.69) is 10.1 Å². The van der Waals surface area contributed by atoms with Crippen LogP contribution >= 0.6 is 0 Å². The van der Waals surface area contributed by atoms with Crippen molar-refractivity contribution in [1.29, 1.82) is 0 Å². The van der Waals surface area contributed by atoms with E-state index in [1.165, 1.54) is 0 Å². The van der Waals surface area contributed by atoms with Crippen LogP contribution in [0.3, 0.4) is 0 Å². The first-order valence-corrected chi connectivity index (χ1v) is 6.55. The van der Waals surface area contributed by atoms with Crippen molar-refractivity contribution in [3.05, 3.63) is 61.3 Å². The molecule has 3 aromatic heterocycles. The minimum Gasteiger partial charge on any atom is -0.464 e. The second-order valence-corrected chi connectivity index (χ2v) is 4.73. The fourth-order valence-corrected chi connectivity index (χ4v) is 2.40. The van der Waals surface area contributed by atoms with Crippen LogP contribution in [-0.2, 0) is 0 Å². The van der Waals surface area contributed by atoms with Gasteiger partial charge in [0.2, 0.25) is 0 Å². The molecule has 0 atom stereocenters. The van der Waals surface area contributed by atoms with Crippen LogP contribution in [-0.4, -0.2) is 14.8 Å². The lowest BCUT2D eigenvalue weighted by Crippen LogP contribution is -1.97. The fourth-order valence-electron chi connectivity index (χ4n) is 2.40. The van der Waals surface area contributed by atoms with Crippen LogP contribution in [0.4, 0.5) is 5.69 Å². The second-order valence-electron chi connectivity index (χ2n) is 4.73. The molecule has 0 spiro atoms. The summed E-state index contributed by atoms with van der Waals surface area (Å²) < 4.78 is 7.13. The SMILES string of the molecule is Nc1ccccc1-c1cnn(-c2nccc3occc23)c1. The number of nitrogens with zero attached hydrogens (tertiary/aromatic N) is 3. The van der Waals surface area contributed by atoms with Gasteiger partial charge in [0.1, 0.15) is 5.58 Å². The van der Waals surface area contributed by atoms with Crippen molar-refractivity contribution < 1.29 is 4.42 Å². The molecule has 4 aromatic rings. The Morgan fingerprint density at radius 1 is 1.10 bits per heavy atom. The summed E-state index contributed by atoms with van der Waals surface area (Å²) in [4.78, 5) is 4.39. The molecular weight excluding hydrogens is 264 g/mol. The van der Waals surface area contributed by atoms with Gasteiger partial charge in [-0.15, -0.1) is 0 Å². The smallest absolute Gasteiger partial charge is 0.164 e. The van der Waals surface area contributed by atoms with Crippen molar-refractivity contribution in [3.63, 3.8) is 0 Å². The first-order chi connectivity index (χ1) is 10.3. The van der Waals surface area contributed by atoms with Gasteiger partial charge in [0.05, 0.1) is 17.8 Å². The molecule has 21 heavy (non-hydrogen) atoms. The number of fused-ring (bicyclic) bond motifs is 1. The number of rotatable bonds is 2. The van der Waals surface area contributed by atoms with Crippen LogP contribution in [0.1, 0.15) is 0 Å². The normalized spacial score (nSPS) is 11.0. The number of pyridine rings is 1. The number of anilines is 1. The molecule has 4 rings (SSSR count). The Morgan fingerprint density at radius 2 is 2.00 bits per heavy atom. The Hall–Kier alpha value is -3.08. The highest BCUT2D eigenvalue weighted by Crippen LogP contribution is 2.27. The maximum atomic E-state index is 6.01. The van der Waals surface area contributed by atoms with Gasteiger partial charge in [-0.2, -0.15) is 5.10 Å². The van der Waals surface area contributed by atoms with Gasteiger partial charge >= 0.3 is 0 Å². The van der Waals surface area contributed by atoms with Crippen LogP contribution in [0.5, 0.6) is 0 Å². The number of para-hydroxylation sites is 1. The first kappa shape index (κ1) is 11.7. The molecular formula is C16H12N4O. The zero-order chi connectivity index (χ0) is 14.2. The lowest BCUT2D eigenvalue weighted by molar-refractivity contribution is 0.615. The van der Waals surface area contributed by atoms with Crippen molar-refractivity contribution in [2.24, 2.45) is 0 Å². The fraction of sp³-hybridized carbons (Fsp3) is 0. The molecule has 0 saturated heterocycles. The van der Waals surface area contributed by atoms with E-state index in [4.69, 9.17) is 10.2 Å². The summed E-state index contributed by atoms with van der Waals surface area (Å²) in [5.74, 6) is 0.738. The minimum atomic E-state index is 0.728. The molecule has 0 bridgehead atoms.